The summed E-state index contributed by atoms with van der Waals surface area (Å²) in [5.41, 5.74) is 38.9. The molecule has 3 aliphatic rings. The topological polar surface area (TPSA) is 14.8 Å². The Balaban J connectivity index is 0.000000132. The largest absolute Gasteiger partial charge is 0.309 e. The first-order valence-electron chi connectivity index (χ1n) is 38.5. The second-order valence-corrected chi connectivity index (χ2v) is 30.0. The summed E-state index contributed by atoms with van der Waals surface area (Å²) in [6.45, 7) is 0. The maximum absolute atomic E-state index is 2.49. The van der Waals surface area contributed by atoms with Crippen LogP contribution in [0.5, 0.6) is 0 Å². The average Bonchev–Trinajstić information content (AvgIpc) is 1.53. The molecule has 0 spiro atoms. The Labute approximate surface area is 637 Å². The molecule has 0 bridgehead atoms. The van der Waals surface area contributed by atoms with Crippen LogP contribution in [0.2, 0.25) is 0 Å². The van der Waals surface area contributed by atoms with Gasteiger partial charge in [0.1, 0.15) is 0 Å². The molecule has 1 atom stereocenters. The van der Waals surface area contributed by atoms with Gasteiger partial charge in [-0.1, -0.05) is 297 Å². The van der Waals surface area contributed by atoms with Crippen LogP contribution in [0.3, 0.4) is 0 Å². The molecule has 0 N–H and O–H groups in total. The molecule has 3 nitrogen and oxygen atoms in total. The highest BCUT2D eigenvalue weighted by Gasteiger charge is 2.32. The van der Waals surface area contributed by atoms with Crippen LogP contribution in [0.4, 0.5) is 0 Å². The molecule has 0 amide bonds. The van der Waals surface area contributed by atoms with Crippen molar-refractivity contribution >= 4 is 87.0 Å². The van der Waals surface area contributed by atoms with Gasteiger partial charge in [0.2, 0.25) is 0 Å². The first kappa shape index (κ1) is 62.1. The summed E-state index contributed by atoms with van der Waals surface area (Å²) in [7, 11) is 0. The predicted octanol–water partition coefficient (Wildman–Crippen LogP) is 27.9. The van der Waals surface area contributed by atoms with Crippen molar-refractivity contribution in [2.45, 2.75) is 18.8 Å². The molecule has 0 saturated carbocycles. The average molecular weight is 1400 g/mol. The van der Waals surface area contributed by atoms with E-state index in [0.717, 1.165) is 12.8 Å². The molecule has 0 aliphatic heterocycles. The van der Waals surface area contributed by atoms with Gasteiger partial charge in [-0.25, -0.2) is 0 Å². The van der Waals surface area contributed by atoms with E-state index in [4.69, 9.17) is 0 Å². The molecule has 24 rings (SSSR count). The minimum Gasteiger partial charge on any atom is -0.309 e. The molecular weight excluding hydrogens is 1330 g/mol. The molecule has 3 aromatic heterocycles. The Morgan fingerprint density at radius 3 is 1.39 bits per heavy atom. The number of benzene rings is 18. The van der Waals surface area contributed by atoms with Crippen molar-refractivity contribution in [1.82, 2.24) is 13.7 Å². The number of hydrogen-bond acceptors (Lipinski definition) is 0. The van der Waals surface area contributed by atoms with E-state index in [1.54, 1.807) is 0 Å². The first-order valence-corrected chi connectivity index (χ1v) is 38.5. The number of nitrogens with zero attached hydrogens (tertiary/aromatic N) is 3. The summed E-state index contributed by atoms with van der Waals surface area (Å²) in [4.78, 5) is 0. The molecule has 512 valence electrons. The quantitative estimate of drug-likeness (QED) is 0.144. The first-order chi connectivity index (χ1) is 54.6. The summed E-state index contributed by atoms with van der Waals surface area (Å²) >= 11 is 0. The van der Waals surface area contributed by atoms with Gasteiger partial charge in [0, 0.05) is 55.0 Å². The normalized spacial score (nSPS) is 13.1. The Kier molecular flexibility index (Phi) is 14.0. The zero-order chi connectivity index (χ0) is 72.1. The van der Waals surface area contributed by atoms with Crippen LogP contribution in [0.1, 0.15) is 44.9 Å². The van der Waals surface area contributed by atoms with Gasteiger partial charge >= 0.3 is 0 Å². The third-order valence-corrected chi connectivity index (χ3v) is 24.3. The molecule has 3 heteroatoms. The summed E-state index contributed by atoms with van der Waals surface area (Å²) in [5, 5.41) is 12.7. The molecule has 18 aromatic carbocycles. The Morgan fingerprint density at radius 1 is 0.200 bits per heavy atom. The fraction of sp³-hybridized carbons (Fsp3) is 0.0280. The van der Waals surface area contributed by atoms with Crippen molar-refractivity contribution in [3.63, 3.8) is 0 Å². The fourth-order valence-electron chi connectivity index (χ4n) is 19.4. The van der Waals surface area contributed by atoms with E-state index in [-0.39, 0.29) is 5.92 Å². The van der Waals surface area contributed by atoms with Crippen LogP contribution in [-0.2, 0) is 12.8 Å². The van der Waals surface area contributed by atoms with Gasteiger partial charge in [0.25, 0.3) is 0 Å². The van der Waals surface area contributed by atoms with Gasteiger partial charge in [0.15, 0.2) is 0 Å². The SMILES string of the molecule is c1ccc(-n2c3ccccc3c3cc(-c4ccc5c(c4)C(c4cccc6cc(-c7cccc8c7Cc7ccccc7-8)ccc46)c4ccccc4-5)ccc32)cc1.c1ccc(-n2c3ccccc3c3cc(-c4ccc5c6ccccc6n(-c6cccc7c(-c8cccc9c8-c8ccccc8C9)cccc67)c5c4)ccc32)cc1. The van der Waals surface area contributed by atoms with E-state index in [1.165, 1.54) is 221 Å². The molecule has 0 radical (unpaired) electrons. The summed E-state index contributed by atoms with van der Waals surface area (Å²) < 4.78 is 7.26. The predicted molar refractivity (Wildman–Crippen MR) is 462 cm³/mol. The van der Waals surface area contributed by atoms with Gasteiger partial charge in [-0.3, -0.25) is 0 Å². The van der Waals surface area contributed by atoms with Crippen LogP contribution in [-0.4, -0.2) is 13.7 Å². The third kappa shape index (κ3) is 9.57. The molecule has 3 aliphatic carbocycles. The van der Waals surface area contributed by atoms with Crippen LogP contribution < -0.4 is 0 Å². The van der Waals surface area contributed by atoms with Crippen molar-refractivity contribution in [3.05, 3.63) is 427 Å². The van der Waals surface area contributed by atoms with Crippen LogP contribution in [0.25, 0.3) is 182 Å². The third-order valence-electron chi connectivity index (χ3n) is 24.3. The highest BCUT2D eigenvalue weighted by molar-refractivity contribution is 6.15. The van der Waals surface area contributed by atoms with Gasteiger partial charge in [-0.2, -0.15) is 0 Å². The summed E-state index contributed by atoms with van der Waals surface area (Å²) in [5.74, 6) is 0.139. The Morgan fingerprint density at radius 2 is 0.655 bits per heavy atom. The van der Waals surface area contributed by atoms with Gasteiger partial charge in [-0.15, -0.1) is 0 Å². The fourth-order valence-corrected chi connectivity index (χ4v) is 19.4. The zero-order valence-corrected chi connectivity index (χ0v) is 60.3. The minimum absolute atomic E-state index is 0.139. The monoisotopic (exact) mass is 1400 g/mol. The molecular formula is C107H69N3. The Bertz CT molecular complexity index is 7410. The van der Waals surface area contributed by atoms with E-state index in [9.17, 15) is 0 Å². The number of rotatable bonds is 8. The molecule has 0 fully saturated rings. The van der Waals surface area contributed by atoms with E-state index >= 15 is 0 Å². The smallest absolute Gasteiger partial charge is 0.0547 e. The number of aromatic nitrogens is 3. The van der Waals surface area contributed by atoms with Crippen molar-refractivity contribution in [2.24, 2.45) is 0 Å². The van der Waals surface area contributed by atoms with Crippen LogP contribution in [0.15, 0.2) is 388 Å². The number of fused-ring (bicyclic) bond motifs is 20. The van der Waals surface area contributed by atoms with Crippen molar-refractivity contribution < 1.29 is 0 Å². The van der Waals surface area contributed by atoms with Gasteiger partial charge < -0.3 is 13.7 Å². The standard InChI is InChI=1S/C54H35N.C53H34N2/c1-2-14-39(15-3-1)55-52-23-9-8-18-46(52)50-31-35(26-29-53(50)55)34-24-28-45-44-17-6-7-19-48(44)54(51(45)32-34)47-22-10-13-36-30-38(25-27-42(36)47)41-20-11-21-43-40-16-5-4-12-37(40)33-49(41)43;1-2-15-38(16-3-1)54-48-24-8-7-19-44(48)47-32-34(28-30-51(47)54)35-27-29-45-43-18-6-9-25-49(43)55(52(45)33-35)50-26-12-21-40-41(20-11-22-42(40)50)46-23-10-14-37-31-36-13-4-5-17-39(36)53(37)46/h1-32,54H,33H2;1-30,32-33H,31H2. The summed E-state index contributed by atoms with van der Waals surface area (Å²) in [6, 6.07) is 144. The van der Waals surface area contributed by atoms with E-state index in [2.05, 4.69) is 402 Å². The minimum atomic E-state index is 0.139. The second kappa shape index (κ2) is 24.7. The lowest BCUT2D eigenvalue weighted by Gasteiger charge is -2.19. The van der Waals surface area contributed by atoms with Gasteiger partial charge in [0.05, 0.1) is 38.8 Å². The maximum Gasteiger partial charge on any atom is 0.0547 e. The molecule has 1 unspecified atom stereocenters. The van der Waals surface area contributed by atoms with Crippen molar-refractivity contribution in [2.75, 3.05) is 0 Å². The molecule has 0 saturated heterocycles. The lowest BCUT2D eigenvalue weighted by molar-refractivity contribution is 1.03. The maximum atomic E-state index is 2.49. The lowest BCUT2D eigenvalue weighted by atomic mass is 9.84. The van der Waals surface area contributed by atoms with Crippen LogP contribution in [0, 0.1) is 0 Å². The highest BCUT2D eigenvalue weighted by Crippen LogP contribution is 2.53. The van der Waals surface area contributed by atoms with Crippen molar-refractivity contribution in [1.29, 1.82) is 0 Å². The van der Waals surface area contributed by atoms with Crippen molar-refractivity contribution in [3.8, 4) is 95.0 Å². The zero-order valence-electron chi connectivity index (χ0n) is 60.3. The van der Waals surface area contributed by atoms with E-state index in [0.29, 0.717) is 0 Å². The second-order valence-electron chi connectivity index (χ2n) is 30.0. The number of para-hydroxylation sites is 5. The lowest BCUT2D eigenvalue weighted by Crippen LogP contribution is -2.01. The van der Waals surface area contributed by atoms with E-state index < -0.39 is 0 Å². The van der Waals surface area contributed by atoms with E-state index in [1.807, 2.05) is 0 Å². The summed E-state index contributed by atoms with van der Waals surface area (Å²) in [6.07, 6.45) is 1.97. The van der Waals surface area contributed by atoms with Gasteiger partial charge in [-0.05, 0) is 237 Å². The molecule has 3 heterocycles. The molecule has 21 aromatic rings. The number of hydrogen-bond donors (Lipinski definition) is 0. The Hall–Kier alpha value is -14.1. The molecule has 110 heavy (non-hydrogen) atoms. The van der Waals surface area contributed by atoms with Crippen LogP contribution >= 0.6 is 0 Å². The highest BCUT2D eigenvalue weighted by atomic mass is 15.0.